The fourth-order valence-electron chi connectivity index (χ4n) is 4.55. The summed E-state index contributed by atoms with van der Waals surface area (Å²) in [5, 5.41) is 15.6. The summed E-state index contributed by atoms with van der Waals surface area (Å²) >= 11 is 0. The summed E-state index contributed by atoms with van der Waals surface area (Å²) in [4.78, 5) is 28.7. The van der Waals surface area contributed by atoms with E-state index in [0.29, 0.717) is 47.4 Å². The van der Waals surface area contributed by atoms with E-state index in [2.05, 4.69) is 15.3 Å². The smallest absolute Gasteiger partial charge is 0.272 e. The van der Waals surface area contributed by atoms with Gasteiger partial charge in [-0.15, -0.1) is 0 Å². The predicted molar refractivity (Wildman–Crippen MR) is 139 cm³/mol. The molecule has 0 radical (unpaired) electrons. The third-order valence-corrected chi connectivity index (χ3v) is 6.52. The lowest BCUT2D eigenvalue weighted by Crippen LogP contribution is -2.45. The van der Waals surface area contributed by atoms with Crippen LogP contribution in [0.1, 0.15) is 18.1 Å². The van der Waals surface area contributed by atoms with Gasteiger partial charge in [-0.2, -0.15) is 0 Å². The first-order chi connectivity index (χ1) is 18.4. The summed E-state index contributed by atoms with van der Waals surface area (Å²) in [7, 11) is 4.69. The molecule has 1 aromatic carbocycles. The standard InChI is InChI=1S/C26H27N7O5/c1-28-18-13-21(37-3)26(27,14-19(18)33(34)35)25-29-9-6-17(30-25)24-23(31-22(32-24)8-10-36-2)16-5-4-15-7-11-38-20(15)12-16/h4-7,9,11-13,28H,8,10,14,27H2,1-3H3,(H,31,32). The van der Waals surface area contributed by atoms with E-state index >= 15 is 0 Å². The highest BCUT2D eigenvalue weighted by atomic mass is 16.6. The van der Waals surface area contributed by atoms with Gasteiger partial charge in [0.1, 0.15) is 28.4 Å². The summed E-state index contributed by atoms with van der Waals surface area (Å²) in [5.74, 6) is 1.20. The summed E-state index contributed by atoms with van der Waals surface area (Å²) in [6.45, 7) is 0.482. The van der Waals surface area contributed by atoms with Gasteiger partial charge in [0.15, 0.2) is 5.82 Å². The topological polar surface area (TPSA) is 167 Å². The van der Waals surface area contributed by atoms with E-state index in [-0.39, 0.29) is 17.9 Å². The van der Waals surface area contributed by atoms with Crippen molar-refractivity contribution in [1.29, 1.82) is 0 Å². The van der Waals surface area contributed by atoms with Gasteiger partial charge < -0.3 is 29.9 Å². The second kappa shape index (κ2) is 10.1. The van der Waals surface area contributed by atoms with Crippen molar-refractivity contribution in [2.75, 3.05) is 27.9 Å². The number of imidazole rings is 1. The lowest BCUT2D eigenvalue weighted by Gasteiger charge is -2.31. The average molecular weight is 518 g/mol. The number of hydrogen-bond donors (Lipinski definition) is 3. The van der Waals surface area contributed by atoms with Crippen molar-refractivity contribution in [3.8, 4) is 22.6 Å². The number of furan rings is 1. The van der Waals surface area contributed by atoms with Crippen molar-refractivity contribution in [2.24, 2.45) is 5.73 Å². The fourth-order valence-corrected chi connectivity index (χ4v) is 4.55. The van der Waals surface area contributed by atoms with Crippen LogP contribution in [0.5, 0.6) is 0 Å². The molecule has 3 aromatic heterocycles. The van der Waals surface area contributed by atoms with Gasteiger partial charge in [-0.05, 0) is 18.2 Å². The number of ether oxygens (including phenoxy) is 2. The number of fused-ring (bicyclic) bond motifs is 1. The van der Waals surface area contributed by atoms with Crippen LogP contribution in [0.25, 0.3) is 33.6 Å². The molecule has 12 heteroatoms. The quantitative estimate of drug-likeness (QED) is 0.221. The minimum atomic E-state index is -1.46. The van der Waals surface area contributed by atoms with Crippen molar-refractivity contribution in [3.05, 3.63) is 87.8 Å². The molecule has 0 saturated carbocycles. The fraction of sp³-hybridized carbons (Fsp3) is 0.269. The molecule has 4 aromatic rings. The van der Waals surface area contributed by atoms with E-state index in [1.165, 1.54) is 13.2 Å². The molecule has 0 amide bonds. The lowest BCUT2D eigenvalue weighted by atomic mass is 9.86. The Morgan fingerprint density at radius 3 is 2.84 bits per heavy atom. The molecule has 0 aliphatic heterocycles. The Morgan fingerprint density at radius 2 is 2.11 bits per heavy atom. The molecular formula is C26H27N7O5. The number of allylic oxidation sites excluding steroid dienone is 1. The number of methoxy groups -OCH3 is 2. The zero-order valence-electron chi connectivity index (χ0n) is 21.1. The molecule has 1 aliphatic rings. The van der Waals surface area contributed by atoms with Crippen LogP contribution in [0.15, 0.2) is 70.4 Å². The number of nitrogens with two attached hydrogens (primary N) is 1. The van der Waals surface area contributed by atoms with Crippen LogP contribution < -0.4 is 11.1 Å². The van der Waals surface area contributed by atoms with E-state index in [1.54, 1.807) is 32.7 Å². The summed E-state index contributed by atoms with van der Waals surface area (Å²) in [6, 6.07) is 9.47. The zero-order chi connectivity index (χ0) is 26.9. The molecule has 0 bridgehead atoms. The van der Waals surface area contributed by atoms with E-state index in [4.69, 9.17) is 29.6 Å². The van der Waals surface area contributed by atoms with E-state index in [0.717, 1.165) is 16.5 Å². The Balaban J connectivity index is 1.62. The number of hydrogen-bond acceptors (Lipinski definition) is 10. The van der Waals surface area contributed by atoms with Crippen molar-refractivity contribution in [3.63, 3.8) is 0 Å². The van der Waals surface area contributed by atoms with E-state index in [9.17, 15) is 10.1 Å². The second-order valence-electron chi connectivity index (χ2n) is 8.82. The Morgan fingerprint density at radius 1 is 1.26 bits per heavy atom. The highest BCUT2D eigenvalue weighted by molar-refractivity contribution is 5.85. The van der Waals surface area contributed by atoms with Crippen LogP contribution in [0.3, 0.4) is 0 Å². The third-order valence-electron chi connectivity index (χ3n) is 6.52. The number of nitro groups is 1. The SMILES string of the molecule is CNC1=C([N+](=O)[O-])CC(N)(c2nccc(-c3[nH]c(CCOC)nc3-c3ccc4ccoc4c3)n2)C(OC)=C1. The molecule has 38 heavy (non-hydrogen) atoms. The van der Waals surface area contributed by atoms with Gasteiger partial charge >= 0.3 is 0 Å². The monoisotopic (exact) mass is 517 g/mol. The number of likely N-dealkylation sites (N-methyl/N-ethyl adjacent to an activating group) is 1. The summed E-state index contributed by atoms with van der Waals surface area (Å²) in [5.41, 5.74) is 8.93. The van der Waals surface area contributed by atoms with Crippen LogP contribution in [0.4, 0.5) is 0 Å². The molecule has 0 saturated heterocycles. The van der Waals surface area contributed by atoms with Gasteiger partial charge in [0.2, 0.25) is 0 Å². The van der Waals surface area contributed by atoms with E-state index in [1.807, 2.05) is 24.3 Å². The highest BCUT2D eigenvalue weighted by Crippen LogP contribution is 2.38. The van der Waals surface area contributed by atoms with Gasteiger partial charge in [0, 0.05) is 43.8 Å². The van der Waals surface area contributed by atoms with Gasteiger partial charge in [0.05, 0.1) is 48.4 Å². The lowest BCUT2D eigenvalue weighted by molar-refractivity contribution is -0.431. The van der Waals surface area contributed by atoms with Crippen LogP contribution in [-0.2, 0) is 21.4 Å². The molecule has 3 heterocycles. The average Bonchev–Trinajstić information content (AvgIpc) is 3.58. The largest absolute Gasteiger partial charge is 0.499 e. The Bertz CT molecular complexity index is 1570. The molecule has 1 unspecified atom stereocenters. The normalized spacial score (nSPS) is 17.5. The molecule has 1 atom stereocenters. The maximum absolute atomic E-state index is 11.8. The zero-order valence-corrected chi connectivity index (χ0v) is 21.1. The van der Waals surface area contributed by atoms with Crippen molar-refractivity contribution < 1.29 is 18.8 Å². The number of nitrogens with one attached hydrogen (secondary N) is 2. The number of rotatable bonds is 9. The number of aromatic nitrogens is 4. The molecule has 0 spiro atoms. The maximum atomic E-state index is 11.8. The van der Waals surface area contributed by atoms with Crippen molar-refractivity contribution in [1.82, 2.24) is 25.3 Å². The molecule has 4 N–H and O–H groups in total. The highest BCUT2D eigenvalue weighted by Gasteiger charge is 2.45. The van der Waals surface area contributed by atoms with Crippen molar-refractivity contribution >= 4 is 11.0 Å². The van der Waals surface area contributed by atoms with Gasteiger partial charge in [0.25, 0.3) is 5.70 Å². The molecule has 12 nitrogen and oxygen atoms in total. The first-order valence-electron chi connectivity index (χ1n) is 11.9. The Hall–Kier alpha value is -4.55. The number of aromatic amines is 1. The summed E-state index contributed by atoms with van der Waals surface area (Å²) in [6.07, 6.45) is 5.12. The van der Waals surface area contributed by atoms with Gasteiger partial charge in [-0.1, -0.05) is 12.1 Å². The maximum Gasteiger partial charge on any atom is 0.272 e. The predicted octanol–water partition coefficient (Wildman–Crippen LogP) is 3.26. The first kappa shape index (κ1) is 25.1. The molecule has 0 fully saturated rings. The van der Waals surface area contributed by atoms with Gasteiger partial charge in [-0.3, -0.25) is 10.1 Å². The number of benzene rings is 1. The summed E-state index contributed by atoms with van der Waals surface area (Å²) < 4.78 is 16.4. The van der Waals surface area contributed by atoms with Crippen LogP contribution in [0.2, 0.25) is 0 Å². The minimum Gasteiger partial charge on any atom is -0.499 e. The molecule has 1 aliphatic carbocycles. The first-order valence-corrected chi connectivity index (χ1v) is 11.9. The van der Waals surface area contributed by atoms with E-state index < -0.39 is 10.5 Å². The molecular weight excluding hydrogens is 490 g/mol. The molecule has 196 valence electrons. The minimum absolute atomic E-state index is 0.0827. The van der Waals surface area contributed by atoms with Gasteiger partial charge in [-0.25, -0.2) is 15.0 Å². The Labute approximate surface area is 217 Å². The third kappa shape index (κ3) is 4.40. The number of H-pyrrole nitrogens is 1. The number of nitrogens with zero attached hydrogens (tertiary/aromatic N) is 4. The molecule has 5 rings (SSSR count). The van der Waals surface area contributed by atoms with Crippen LogP contribution in [-0.4, -0.2) is 52.7 Å². The van der Waals surface area contributed by atoms with Crippen LogP contribution in [0, 0.1) is 10.1 Å². The van der Waals surface area contributed by atoms with Crippen molar-refractivity contribution in [2.45, 2.75) is 18.4 Å². The Kier molecular flexibility index (Phi) is 6.66. The second-order valence-corrected chi connectivity index (χ2v) is 8.82. The van der Waals surface area contributed by atoms with Crippen LogP contribution >= 0.6 is 0 Å².